The Morgan fingerprint density at radius 2 is 1.75 bits per heavy atom. The van der Waals surface area contributed by atoms with Gasteiger partial charge in [-0.2, -0.15) is 0 Å². The maximum Gasteiger partial charge on any atom is 0.266 e. The van der Waals surface area contributed by atoms with Crippen molar-refractivity contribution in [1.29, 1.82) is 0 Å². The summed E-state index contributed by atoms with van der Waals surface area (Å²) in [6.45, 7) is 2.36. The van der Waals surface area contributed by atoms with E-state index in [2.05, 4.69) is 37.1 Å². The summed E-state index contributed by atoms with van der Waals surface area (Å²) in [5, 5.41) is 3.88. The number of hydrogen-bond acceptors (Lipinski definition) is 8. The Morgan fingerprint density at radius 3 is 2.56 bits per heavy atom. The molecule has 36 heavy (non-hydrogen) atoms. The van der Waals surface area contributed by atoms with Crippen LogP contribution in [0.2, 0.25) is 0 Å². The quantitative estimate of drug-likeness (QED) is 0.373. The lowest BCUT2D eigenvalue weighted by molar-refractivity contribution is 0.808. The van der Waals surface area contributed by atoms with E-state index in [-0.39, 0.29) is 11.4 Å². The number of benzene rings is 2. The molecule has 0 bridgehead atoms. The van der Waals surface area contributed by atoms with Crippen LogP contribution in [0.5, 0.6) is 0 Å². The van der Waals surface area contributed by atoms with Gasteiger partial charge in [-0.1, -0.05) is 36.3 Å². The lowest BCUT2D eigenvalue weighted by Gasteiger charge is -2.15. The summed E-state index contributed by atoms with van der Waals surface area (Å²) in [5.41, 5.74) is 8.75. The Bertz CT molecular complexity index is 1650. The molecule has 0 aliphatic carbocycles. The monoisotopic (exact) mass is 474 g/mol. The van der Waals surface area contributed by atoms with Gasteiger partial charge in [0.15, 0.2) is 0 Å². The predicted molar refractivity (Wildman–Crippen MR) is 139 cm³/mol. The predicted octanol–water partition coefficient (Wildman–Crippen LogP) is 2.91. The van der Waals surface area contributed by atoms with Crippen molar-refractivity contribution in [1.82, 2.24) is 29.5 Å². The first-order valence-corrected chi connectivity index (χ1v) is 11.3. The summed E-state index contributed by atoms with van der Waals surface area (Å²) >= 11 is 0. The lowest BCUT2D eigenvalue weighted by atomic mass is 10.1. The summed E-state index contributed by atoms with van der Waals surface area (Å²) in [6, 6.07) is 16.9. The minimum atomic E-state index is -0.0972. The zero-order chi connectivity index (χ0) is 24.9. The Balaban J connectivity index is 1.47. The molecule has 0 saturated carbocycles. The van der Waals surface area contributed by atoms with Gasteiger partial charge in [-0.05, 0) is 42.7 Å². The van der Waals surface area contributed by atoms with Crippen LogP contribution in [-0.2, 0) is 6.42 Å². The summed E-state index contributed by atoms with van der Waals surface area (Å²) in [5.74, 6) is 7.58. The fourth-order valence-electron chi connectivity index (χ4n) is 3.88. The highest BCUT2D eigenvalue weighted by Gasteiger charge is 2.15. The van der Waals surface area contributed by atoms with E-state index in [1.807, 2.05) is 55.5 Å². The van der Waals surface area contributed by atoms with Crippen molar-refractivity contribution in [3.63, 3.8) is 0 Å². The molecule has 0 saturated heterocycles. The molecule has 9 heteroatoms. The van der Waals surface area contributed by atoms with Gasteiger partial charge >= 0.3 is 0 Å². The fourth-order valence-corrected chi connectivity index (χ4v) is 3.88. The van der Waals surface area contributed by atoms with Crippen LogP contribution in [0.4, 0.5) is 11.6 Å². The summed E-state index contributed by atoms with van der Waals surface area (Å²) in [6.07, 6.45) is 5.06. The summed E-state index contributed by atoms with van der Waals surface area (Å²) in [4.78, 5) is 35.0. The van der Waals surface area contributed by atoms with Crippen LogP contribution in [0.15, 0.2) is 78.1 Å². The molecule has 3 aromatic heterocycles. The van der Waals surface area contributed by atoms with Crippen molar-refractivity contribution in [2.24, 2.45) is 0 Å². The number of fused-ring (bicyclic) bond motifs is 1. The molecule has 5 aromatic rings. The Hall–Kier alpha value is -5.10. The maximum absolute atomic E-state index is 13.6. The van der Waals surface area contributed by atoms with Crippen LogP contribution in [0, 0.1) is 18.8 Å². The molecular formula is C27H22N8O. The highest BCUT2D eigenvalue weighted by Crippen LogP contribution is 2.18. The Morgan fingerprint density at radius 1 is 0.944 bits per heavy atom. The highest BCUT2D eigenvalue weighted by atomic mass is 16.1. The van der Waals surface area contributed by atoms with Gasteiger partial charge in [-0.3, -0.25) is 9.36 Å². The Labute approximate surface area is 207 Å². The maximum atomic E-state index is 13.6. The normalized spacial score (nSPS) is 10.6. The van der Waals surface area contributed by atoms with Crippen molar-refractivity contribution >= 4 is 22.5 Å². The molecule has 5 rings (SSSR count). The Kier molecular flexibility index (Phi) is 6.32. The van der Waals surface area contributed by atoms with Crippen molar-refractivity contribution in [3.05, 3.63) is 106 Å². The van der Waals surface area contributed by atoms with Gasteiger partial charge in [0.25, 0.3) is 5.56 Å². The first kappa shape index (κ1) is 22.7. The number of nitrogen functional groups attached to an aromatic ring is 1. The number of hydrogen-bond donors (Lipinski definition) is 2. The minimum Gasteiger partial charge on any atom is -0.382 e. The number of rotatable bonds is 5. The zero-order valence-electron chi connectivity index (χ0n) is 19.5. The van der Waals surface area contributed by atoms with E-state index in [0.29, 0.717) is 46.9 Å². The van der Waals surface area contributed by atoms with E-state index < -0.39 is 0 Å². The SMILES string of the molecule is Cc1cccc2nc(CCNc3ncnc(N)c3C#Cc3ncccn3)n(-c3ccccc3)c(=O)c12. The molecule has 0 amide bonds. The van der Waals surface area contributed by atoms with Gasteiger partial charge in [0.1, 0.15) is 29.4 Å². The van der Waals surface area contributed by atoms with Crippen LogP contribution in [-0.4, -0.2) is 36.0 Å². The van der Waals surface area contributed by atoms with E-state index in [9.17, 15) is 4.79 Å². The first-order chi connectivity index (χ1) is 17.6. The topological polar surface area (TPSA) is 124 Å². The molecule has 9 nitrogen and oxygen atoms in total. The molecular weight excluding hydrogens is 452 g/mol. The number of para-hydroxylation sites is 1. The molecule has 0 atom stereocenters. The van der Waals surface area contributed by atoms with Crippen molar-refractivity contribution in [2.45, 2.75) is 13.3 Å². The number of aromatic nitrogens is 6. The van der Waals surface area contributed by atoms with E-state index in [1.165, 1.54) is 6.33 Å². The molecule has 0 spiro atoms. The van der Waals surface area contributed by atoms with E-state index >= 15 is 0 Å². The van der Waals surface area contributed by atoms with Gasteiger partial charge < -0.3 is 11.1 Å². The highest BCUT2D eigenvalue weighted by molar-refractivity contribution is 5.81. The largest absolute Gasteiger partial charge is 0.382 e. The standard InChI is InChI=1S/C27H22N8O/c1-18-7-5-10-21-24(18)27(36)35(19-8-3-2-4-9-19)23(34-21)13-16-31-26-20(25(28)32-17-33-26)11-12-22-29-14-6-15-30-22/h2-10,14-15,17H,13,16H2,1H3,(H3,28,31,32,33). The third-order valence-electron chi connectivity index (χ3n) is 5.57. The molecule has 3 heterocycles. The second kappa shape index (κ2) is 10.0. The van der Waals surface area contributed by atoms with Gasteiger partial charge in [0, 0.05) is 25.4 Å². The lowest BCUT2D eigenvalue weighted by Crippen LogP contribution is -2.26. The van der Waals surface area contributed by atoms with Gasteiger partial charge in [0.2, 0.25) is 5.82 Å². The van der Waals surface area contributed by atoms with Crippen molar-refractivity contribution in [2.75, 3.05) is 17.6 Å². The number of anilines is 2. The molecule has 0 unspecified atom stereocenters. The molecule has 0 aliphatic heterocycles. The third kappa shape index (κ3) is 4.60. The molecule has 2 aromatic carbocycles. The molecule has 0 radical (unpaired) electrons. The van der Waals surface area contributed by atoms with Crippen LogP contribution in [0.1, 0.15) is 22.8 Å². The third-order valence-corrected chi connectivity index (χ3v) is 5.57. The molecule has 0 fully saturated rings. The first-order valence-electron chi connectivity index (χ1n) is 11.3. The average molecular weight is 475 g/mol. The van der Waals surface area contributed by atoms with Gasteiger partial charge in [-0.25, -0.2) is 24.9 Å². The van der Waals surface area contributed by atoms with Crippen molar-refractivity contribution < 1.29 is 0 Å². The van der Waals surface area contributed by atoms with E-state index in [1.54, 1.807) is 23.0 Å². The van der Waals surface area contributed by atoms with Crippen LogP contribution < -0.4 is 16.6 Å². The average Bonchev–Trinajstić information content (AvgIpc) is 2.89. The number of nitrogens with one attached hydrogen (secondary N) is 1. The number of nitrogens with zero attached hydrogens (tertiary/aromatic N) is 6. The summed E-state index contributed by atoms with van der Waals surface area (Å²) < 4.78 is 1.67. The van der Waals surface area contributed by atoms with Crippen LogP contribution >= 0.6 is 0 Å². The second-order valence-corrected chi connectivity index (χ2v) is 7.95. The van der Waals surface area contributed by atoms with E-state index in [0.717, 1.165) is 11.3 Å². The number of aryl methyl sites for hydroxylation is 1. The zero-order valence-corrected chi connectivity index (χ0v) is 19.5. The smallest absolute Gasteiger partial charge is 0.266 e. The summed E-state index contributed by atoms with van der Waals surface area (Å²) in [7, 11) is 0. The van der Waals surface area contributed by atoms with Crippen molar-refractivity contribution in [3.8, 4) is 17.5 Å². The second-order valence-electron chi connectivity index (χ2n) is 7.95. The molecule has 176 valence electrons. The molecule has 3 N–H and O–H groups in total. The fraction of sp³-hybridized carbons (Fsp3) is 0.111. The molecule has 0 aliphatic rings. The van der Waals surface area contributed by atoms with Gasteiger partial charge in [-0.15, -0.1) is 0 Å². The van der Waals surface area contributed by atoms with Gasteiger partial charge in [0.05, 0.1) is 16.6 Å². The minimum absolute atomic E-state index is 0.0972. The number of nitrogens with two attached hydrogens (primary N) is 1. The van der Waals surface area contributed by atoms with Crippen LogP contribution in [0.3, 0.4) is 0 Å². The van der Waals surface area contributed by atoms with Crippen LogP contribution in [0.25, 0.3) is 16.6 Å². The van der Waals surface area contributed by atoms with E-state index in [4.69, 9.17) is 10.7 Å².